The molecule has 2 aromatic carbocycles. The maximum atomic E-state index is 12.7. The highest BCUT2D eigenvalue weighted by Gasteiger charge is 2.19. The lowest BCUT2D eigenvalue weighted by atomic mass is 10.0. The lowest BCUT2D eigenvalue weighted by molar-refractivity contribution is 0.391. The molecule has 184 valence electrons. The molecule has 0 saturated heterocycles. The van der Waals surface area contributed by atoms with Gasteiger partial charge < -0.3 is 5.32 Å². The molecular weight excluding hydrogens is 480 g/mol. The Labute approximate surface area is 212 Å². The summed E-state index contributed by atoms with van der Waals surface area (Å²) < 4.78 is 27.4. The van der Waals surface area contributed by atoms with Gasteiger partial charge in [-0.25, -0.2) is 8.42 Å². The number of nitrogens with one attached hydrogen (secondary N) is 1. The first-order valence-corrected chi connectivity index (χ1v) is 14.2. The number of aryl methyl sites for hydroxylation is 1. The van der Waals surface area contributed by atoms with Crippen LogP contribution in [0.5, 0.6) is 0 Å². The second kappa shape index (κ2) is 10.4. The van der Waals surface area contributed by atoms with Gasteiger partial charge in [-0.1, -0.05) is 50.4 Å². The normalized spacial score (nSPS) is 11.9. The number of hydrogen-bond acceptors (Lipinski definition) is 5. The van der Waals surface area contributed by atoms with Gasteiger partial charge in [0.1, 0.15) is 4.90 Å². The molecule has 6 nitrogen and oxygen atoms in total. The van der Waals surface area contributed by atoms with E-state index < -0.39 is 9.84 Å². The van der Waals surface area contributed by atoms with E-state index >= 15 is 0 Å². The van der Waals surface area contributed by atoms with Gasteiger partial charge in [0.15, 0.2) is 9.84 Å². The number of rotatable bonds is 9. The zero-order valence-corrected chi connectivity index (χ0v) is 22.1. The van der Waals surface area contributed by atoms with Crippen LogP contribution in [0.1, 0.15) is 51.1 Å². The Bertz CT molecular complexity index is 1440. The van der Waals surface area contributed by atoms with E-state index in [2.05, 4.69) is 35.3 Å². The van der Waals surface area contributed by atoms with Crippen molar-refractivity contribution in [1.82, 2.24) is 14.8 Å². The van der Waals surface area contributed by atoms with E-state index in [-0.39, 0.29) is 4.90 Å². The summed E-state index contributed by atoms with van der Waals surface area (Å²) in [5.74, 6) is 0. The second-order valence-corrected chi connectivity index (χ2v) is 11.5. The summed E-state index contributed by atoms with van der Waals surface area (Å²) in [7, 11) is -3.54. The van der Waals surface area contributed by atoms with Gasteiger partial charge in [-0.3, -0.25) is 9.67 Å². The van der Waals surface area contributed by atoms with E-state index in [1.165, 1.54) is 12.5 Å². The van der Waals surface area contributed by atoms with Gasteiger partial charge >= 0.3 is 0 Å². The summed E-state index contributed by atoms with van der Waals surface area (Å²) in [6.45, 7) is 6.34. The fraction of sp³-hybridized carbons (Fsp3) is 0.333. The third kappa shape index (κ3) is 5.68. The van der Waals surface area contributed by atoms with Gasteiger partial charge in [0, 0.05) is 29.1 Å². The zero-order valence-electron chi connectivity index (χ0n) is 20.5. The fourth-order valence-corrected chi connectivity index (χ4v) is 5.55. The molecule has 0 fully saturated rings. The van der Waals surface area contributed by atoms with E-state index in [0.29, 0.717) is 22.3 Å². The maximum Gasteiger partial charge on any atom is 0.179 e. The van der Waals surface area contributed by atoms with Crippen LogP contribution in [-0.2, 0) is 9.84 Å². The van der Waals surface area contributed by atoms with Gasteiger partial charge in [-0.2, -0.15) is 5.10 Å². The van der Waals surface area contributed by atoms with Crippen LogP contribution in [0.4, 0.5) is 11.4 Å². The SMILES string of the molecule is CCCC(CCC)n1cc(Nc2c(S(C)(=O)=O)cnc3ccc(-c4cc(C)cc(Cl)c4)cc23)cn1. The Balaban J connectivity index is 1.83. The molecule has 0 unspecified atom stereocenters. The Morgan fingerprint density at radius 3 is 2.43 bits per heavy atom. The van der Waals surface area contributed by atoms with Crippen LogP contribution in [0.2, 0.25) is 5.02 Å². The molecule has 8 heteroatoms. The number of fused-ring (bicyclic) bond motifs is 1. The van der Waals surface area contributed by atoms with E-state index in [1.807, 2.05) is 48.1 Å². The summed E-state index contributed by atoms with van der Waals surface area (Å²) in [5, 5.41) is 9.31. The molecule has 4 rings (SSSR count). The van der Waals surface area contributed by atoms with Crippen molar-refractivity contribution in [3.05, 3.63) is 65.6 Å². The highest BCUT2D eigenvalue weighted by Crippen LogP contribution is 2.35. The van der Waals surface area contributed by atoms with E-state index in [1.54, 1.807) is 6.20 Å². The van der Waals surface area contributed by atoms with Crippen molar-refractivity contribution in [2.45, 2.75) is 57.4 Å². The number of aromatic nitrogens is 3. The van der Waals surface area contributed by atoms with Gasteiger partial charge in [0.2, 0.25) is 0 Å². The topological polar surface area (TPSA) is 76.9 Å². The summed E-state index contributed by atoms with van der Waals surface area (Å²) in [6, 6.07) is 12.0. The first-order valence-electron chi connectivity index (χ1n) is 11.9. The quantitative estimate of drug-likeness (QED) is 0.254. The van der Waals surface area contributed by atoms with Crippen LogP contribution in [-0.4, -0.2) is 29.4 Å². The smallest absolute Gasteiger partial charge is 0.179 e. The Morgan fingerprint density at radius 2 is 1.77 bits per heavy atom. The Morgan fingerprint density at radius 1 is 1.03 bits per heavy atom. The van der Waals surface area contributed by atoms with E-state index in [4.69, 9.17) is 11.6 Å². The number of nitrogens with zero attached hydrogens (tertiary/aromatic N) is 3. The molecule has 0 aliphatic heterocycles. The number of sulfone groups is 1. The number of anilines is 2. The fourth-order valence-electron chi connectivity index (χ4n) is 4.49. The van der Waals surface area contributed by atoms with E-state index in [0.717, 1.165) is 53.4 Å². The minimum absolute atomic E-state index is 0.149. The van der Waals surface area contributed by atoms with Gasteiger partial charge in [0.25, 0.3) is 0 Å². The highest BCUT2D eigenvalue weighted by atomic mass is 35.5. The summed E-state index contributed by atoms with van der Waals surface area (Å²) >= 11 is 6.30. The molecule has 0 amide bonds. The average molecular weight is 511 g/mol. The van der Waals surface area contributed by atoms with Gasteiger partial charge in [0.05, 0.1) is 29.1 Å². The molecule has 0 saturated carbocycles. The Hall–Kier alpha value is -2.90. The van der Waals surface area contributed by atoms with Crippen molar-refractivity contribution in [2.75, 3.05) is 11.6 Å². The Kier molecular flexibility index (Phi) is 7.47. The molecule has 2 aromatic heterocycles. The van der Waals surface area contributed by atoms with Crippen molar-refractivity contribution in [3.8, 4) is 11.1 Å². The molecule has 1 N–H and O–H groups in total. The first-order chi connectivity index (χ1) is 16.7. The van der Waals surface area contributed by atoms with E-state index in [9.17, 15) is 8.42 Å². The summed E-state index contributed by atoms with van der Waals surface area (Å²) in [4.78, 5) is 4.58. The molecule has 0 aliphatic rings. The number of benzene rings is 2. The van der Waals surface area contributed by atoms with Gasteiger partial charge in [-0.15, -0.1) is 0 Å². The van der Waals surface area contributed by atoms with Gasteiger partial charge in [-0.05, 0) is 60.7 Å². The van der Waals surface area contributed by atoms with Crippen molar-refractivity contribution in [2.24, 2.45) is 0 Å². The molecule has 2 heterocycles. The molecule has 4 aromatic rings. The molecule has 0 atom stereocenters. The van der Waals surface area contributed by atoms with Crippen LogP contribution in [0.3, 0.4) is 0 Å². The molecule has 0 radical (unpaired) electrons. The monoisotopic (exact) mass is 510 g/mol. The number of hydrogen-bond donors (Lipinski definition) is 1. The highest BCUT2D eigenvalue weighted by molar-refractivity contribution is 7.90. The molecular formula is C27H31ClN4O2S. The molecule has 0 bridgehead atoms. The predicted molar refractivity (Wildman–Crippen MR) is 144 cm³/mol. The minimum Gasteiger partial charge on any atom is -0.351 e. The number of pyridine rings is 1. The van der Waals surface area contributed by atoms with Crippen LogP contribution >= 0.6 is 11.6 Å². The molecule has 0 spiro atoms. The summed E-state index contributed by atoms with van der Waals surface area (Å²) in [6.07, 6.45) is 10.6. The van der Waals surface area contributed by atoms with Crippen molar-refractivity contribution in [3.63, 3.8) is 0 Å². The van der Waals surface area contributed by atoms with Crippen LogP contribution < -0.4 is 5.32 Å². The second-order valence-electron chi connectivity index (χ2n) is 9.08. The van der Waals surface area contributed by atoms with Crippen LogP contribution in [0, 0.1) is 6.92 Å². The first kappa shape index (κ1) is 25.2. The lowest BCUT2D eigenvalue weighted by Gasteiger charge is -2.16. The molecule has 0 aliphatic carbocycles. The van der Waals surface area contributed by atoms with Crippen molar-refractivity contribution < 1.29 is 8.42 Å². The standard InChI is InChI=1S/C27H31ClN4O2S/c1-5-7-23(8-6-2)32-17-22(15-30-32)31-27-24-14-19(20-11-18(3)12-21(28)13-20)9-10-25(24)29-16-26(27)35(4,33)34/h9-17,23H,5-8H2,1-4H3,(H,29,31). The van der Waals surface area contributed by atoms with Crippen molar-refractivity contribution in [1.29, 1.82) is 0 Å². The third-order valence-corrected chi connectivity index (χ3v) is 7.42. The molecule has 35 heavy (non-hydrogen) atoms. The zero-order chi connectivity index (χ0) is 25.2. The number of halogens is 1. The van der Waals surface area contributed by atoms with Crippen LogP contribution in [0.25, 0.3) is 22.0 Å². The third-order valence-electron chi connectivity index (χ3n) is 6.10. The summed E-state index contributed by atoms with van der Waals surface area (Å²) in [5.41, 5.74) is 4.88. The maximum absolute atomic E-state index is 12.7. The predicted octanol–water partition coefficient (Wildman–Crippen LogP) is 7.35. The minimum atomic E-state index is -3.54. The van der Waals surface area contributed by atoms with Crippen LogP contribution in [0.15, 0.2) is 59.9 Å². The lowest BCUT2D eigenvalue weighted by Crippen LogP contribution is -2.09. The van der Waals surface area contributed by atoms with Crippen molar-refractivity contribution >= 4 is 43.7 Å². The average Bonchev–Trinajstić information content (AvgIpc) is 3.26. The largest absolute Gasteiger partial charge is 0.351 e.